The third kappa shape index (κ3) is 9.21. The Morgan fingerprint density at radius 1 is 0.870 bits per heavy atom. The molecular formula is C36H39BrClN3O4S. The molecule has 1 unspecified atom stereocenters. The molecule has 1 atom stereocenters. The number of rotatable bonds is 13. The summed E-state index contributed by atoms with van der Waals surface area (Å²) in [5.74, 6) is -0.632. The lowest BCUT2D eigenvalue weighted by molar-refractivity contribution is -0.140. The third-order valence-corrected chi connectivity index (χ3v) is 10.1. The van der Waals surface area contributed by atoms with Gasteiger partial charge in [-0.3, -0.25) is 13.9 Å². The van der Waals surface area contributed by atoms with E-state index in [1.54, 1.807) is 37.3 Å². The van der Waals surface area contributed by atoms with Gasteiger partial charge in [0.25, 0.3) is 10.0 Å². The molecule has 4 rings (SSSR count). The van der Waals surface area contributed by atoms with Crippen LogP contribution in [0.4, 0.5) is 5.69 Å². The molecular weight excluding hydrogens is 686 g/mol. The van der Waals surface area contributed by atoms with E-state index < -0.39 is 28.5 Å². The SMILES string of the molecule is Cc1ccc(S(=O)(=O)N(CC(=O)N(Cc2ccc(Br)cc2)C(Cc2ccccc2)C(=O)NCC(C)C)c2ccc(Cl)cc2C)cc1. The molecule has 10 heteroatoms. The first-order chi connectivity index (χ1) is 21.8. The van der Waals surface area contributed by atoms with Crippen LogP contribution in [-0.4, -0.2) is 44.3 Å². The van der Waals surface area contributed by atoms with E-state index in [1.165, 1.54) is 17.0 Å². The minimum Gasteiger partial charge on any atom is -0.354 e. The highest BCUT2D eigenvalue weighted by atomic mass is 79.9. The summed E-state index contributed by atoms with van der Waals surface area (Å²) in [6.07, 6.45) is 0.248. The van der Waals surface area contributed by atoms with Crippen LogP contribution in [0.15, 0.2) is 106 Å². The quantitative estimate of drug-likeness (QED) is 0.157. The lowest BCUT2D eigenvalue weighted by Crippen LogP contribution is -2.53. The summed E-state index contributed by atoms with van der Waals surface area (Å²) in [5.41, 5.74) is 3.48. The Balaban J connectivity index is 1.82. The molecule has 46 heavy (non-hydrogen) atoms. The van der Waals surface area contributed by atoms with E-state index >= 15 is 0 Å². The van der Waals surface area contributed by atoms with Crippen LogP contribution in [0.2, 0.25) is 5.02 Å². The third-order valence-electron chi connectivity index (χ3n) is 7.54. The number of anilines is 1. The molecule has 0 aromatic heterocycles. The molecule has 0 aliphatic carbocycles. The summed E-state index contributed by atoms with van der Waals surface area (Å²) in [6, 6.07) is 27.4. The van der Waals surface area contributed by atoms with Gasteiger partial charge in [-0.1, -0.05) is 102 Å². The molecule has 2 amide bonds. The number of nitrogens with zero attached hydrogens (tertiary/aromatic N) is 2. The Morgan fingerprint density at radius 3 is 2.13 bits per heavy atom. The van der Waals surface area contributed by atoms with Gasteiger partial charge in [-0.05, 0) is 78.9 Å². The molecule has 0 heterocycles. The fourth-order valence-corrected chi connectivity index (χ4v) is 6.98. The second-order valence-corrected chi connectivity index (χ2v) is 15.0. The van der Waals surface area contributed by atoms with E-state index in [9.17, 15) is 18.0 Å². The van der Waals surface area contributed by atoms with Crippen LogP contribution in [0.1, 0.15) is 36.1 Å². The number of benzene rings is 4. The Labute approximate surface area is 285 Å². The van der Waals surface area contributed by atoms with Crippen molar-refractivity contribution in [2.75, 3.05) is 17.4 Å². The van der Waals surface area contributed by atoms with Crippen molar-refractivity contribution in [3.63, 3.8) is 0 Å². The van der Waals surface area contributed by atoms with Crippen molar-refractivity contribution in [1.82, 2.24) is 10.2 Å². The van der Waals surface area contributed by atoms with E-state index in [2.05, 4.69) is 21.2 Å². The van der Waals surface area contributed by atoms with Gasteiger partial charge in [-0.25, -0.2) is 8.42 Å². The number of carbonyl (C=O) groups is 2. The molecule has 0 fully saturated rings. The van der Waals surface area contributed by atoms with Crippen molar-refractivity contribution in [3.05, 3.63) is 129 Å². The van der Waals surface area contributed by atoms with Crippen LogP contribution < -0.4 is 9.62 Å². The van der Waals surface area contributed by atoms with Crippen LogP contribution >= 0.6 is 27.5 Å². The highest BCUT2D eigenvalue weighted by molar-refractivity contribution is 9.10. The number of nitrogens with one attached hydrogen (secondary N) is 1. The molecule has 0 radical (unpaired) electrons. The summed E-state index contributed by atoms with van der Waals surface area (Å²) in [5, 5.41) is 3.45. The van der Waals surface area contributed by atoms with Gasteiger partial charge < -0.3 is 10.2 Å². The van der Waals surface area contributed by atoms with Crippen molar-refractivity contribution < 1.29 is 18.0 Å². The average molecular weight is 725 g/mol. The molecule has 0 saturated heterocycles. The standard InChI is InChI=1S/C36H39BrClN3O4S/c1-25(2)22-39-36(43)34(21-28-8-6-5-7-9-28)40(23-29-12-14-30(37)15-13-29)35(42)24-41(33-19-16-31(38)20-27(33)4)46(44,45)32-17-10-26(3)11-18-32/h5-20,25,34H,21-24H2,1-4H3,(H,39,43). The van der Waals surface area contributed by atoms with Crippen LogP contribution in [0.5, 0.6) is 0 Å². The lowest BCUT2D eigenvalue weighted by Gasteiger charge is -2.34. The zero-order chi connectivity index (χ0) is 33.4. The van der Waals surface area contributed by atoms with E-state index in [-0.39, 0.29) is 29.7 Å². The first-order valence-corrected chi connectivity index (χ1v) is 17.7. The molecule has 0 aliphatic heterocycles. The van der Waals surface area contributed by atoms with E-state index in [0.717, 1.165) is 25.5 Å². The van der Waals surface area contributed by atoms with Crippen molar-refractivity contribution in [1.29, 1.82) is 0 Å². The minimum atomic E-state index is -4.20. The predicted octanol–water partition coefficient (Wildman–Crippen LogP) is 7.33. The van der Waals surface area contributed by atoms with Gasteiger partial charge in [0.2, 0.25) is 11.8 Å². The molecule has 4 aromatic rings. The summed E-state index contributed by atoms with van der Waals surface area (Å²) in [4.78, 5) is 30.0. The average Bonchev–Trinajstić information content (AvgIpc) is 3.02. The number of sulfonamides is 1. The first-order valence-electron chi connectivity index (χ1n) is 15.1. The van der Waals surface area contributed by atoms with Gasteiger partial charge >= 0.3 is 0 Å². The number of hydrogen-bond donors (Lipinski definition) is 1. The van der Waals surface area contributed by atoms with Gasteiger partial charge in [0.15, 0.2) is 0 Å². The number of amides is 2. The van der Waals surface area contributed by atoms with Crippen LogP contribution in [-0.2, 0) is 32.6 Å². The predicted molar refractivity (Wildman–Crippen MR) is 188 cm³/mol. The maximum atomic E-state index is 14.6. The monoisotopic (exact) mass is 723 g/mol. The Morgan fingerprint density at radius 2 is 1.52 bits per heavy atom. The second kappa shape index (κ2) is 15.8. The lowest BCUT2D eigenvalue weighted by atomic mass is 10.0. The number of aryl methyl sites for hydroxylation is 2. The molecule has 0 aliphatic rings. The molecule has 0 bridgehead atoms. The maximum absolute atomic E-state index is 14.6. The molecule has 0 saturated carbocycles. The summed E-state index contributed by atoms with van der Waals surface area (Å²) >= 11 is 9.70. The van der Waals surface area contributed by atoms with Crippen LogP contribution in [0.25, 0.3) is 0 Å². The largest absolute Gasteiger partial charge is 0.354 e. The normalized spacial score (nSPS) is 12.1. The Kier molecular flexibility index (Phi) is 12.1. The first kappa shape index (κ1) is 35.2. The van der Waals surface area contributed by atoms with Gasteiger partial charge in [-0.2, -0.15) is 0 Å². The van der Waals surface area contributed by atoms with E-state index in [1.807, 2.05) is 75.4 Å². The highest BCUT2D eigenvalue weighted by Gasteiger charge is 2.35. The topological polar surface area (TPSA) is 86.8 Å². The maximum Gasteiger partial charge on any atom is 0.264 e. The Hall–Kier alpha value is -3.66. The summed E-state index contributed by atoms with van der Waals surface area (Å²) in [6.45, 7) is 7.62. The molecule has 0 spiro atoms. The second-order valence-electron chi connectivity index (χ2n) is 11.7. The number of carbonyl (C=O) groups excluding carboxylic acids is 2. The summed E-state index contributed by atoms with van der Waals surface area (Å²) in [7, 11) is -4.20. The van der Waals surface area contributed by atoms with Crippen LogP contribution in [0, 0.1) is 19.8 Å². The van der Waals surface area contributed by atoms with Crippen molar-refractivity contribution in [2.24, 2.45) is 5.92 Å². The summed E-state index contributed by atoms with van der Waals surface area (Å²) < 4.78 is 30.5. The molecule has 242 valence electrons. The Bertz CT molecular complexity index is 1750. The fraction of sp³-hybridized carbons (Fsp3) is 0.278. The number of halogens is 2. The van der Waals surface area contributed by atoms with Crippen molar-refractivity contribution in [2.45, 2.75) is 51.6 Å². The minimum absolute atomic E-state index is 0.0511. The van der Waals surface area contributed by atoms with Gasteiger partial charge in [0.1, 0.15) is 12.6 Å². The zero-order valence-corrected chi connectivity index (χ0v) is 29.6. The van der Waals surface area contributed by atoms with Crippen molar-refractivity contribution in [3.8, 4) is 0 Å². The van der Waals surface area contributed by atoms with E-state index in [4.69, 9.17) is 11.6 Å². The highest BCUT2D eigenvalue weighted by Crippen LogP contribution is 2.30. The smallest absolute Gasteiger partial charge is 0.264 e. The molecule has 4 aromatic carbocycles. The zero-order valence-electron chi connectivity index (χ0n) is 26.4. The van der Waals surface area contributed by atoms with Crippen molar-refractivity contribution >= 4 is 55.1 Å². The van der Waals surface area contributed by atoms with Gasteiger partial charge in [0, 0.05) is 29.0 Å². The number of hydrogen-bond acceptors (Lipinski definition) is 4. The van der Waals surface area contributed by atoms with Gasteiger partial charge in [-0.15, -0.1) is 0 Å². The molecule has 7 nitrogen and oxygen atoms in total. The van der Waals surface area contributed by atoms with E-state index in [0.29, 0.717) is 22.8 Å². The van der Waals surface area contributed by atoms with Gasteiger partial charge in [0.05, 0.1) is 10.6 Å². The molecule has 1 N–H and O–H groups in total. The van der Waals surface area contributed by atoms with Crippen LogP contribution in [0.3, 0.4) is 0 Å². The fourth-order valence-electron chi connectivity index (χ4n) is 5.01.